The molecule has 0 aromatic carbocycles. The predicted molar refractivity (Wildman–Crippen MR) is 337 cm³/mol. The summed E-state index contributed by atoms with van der Waals surface area (Å²) < 4.78 is 17.5. The molecule has 4 aliphatic rings. The summed E-state index contributed by atoms with van der Waals surface area (Å²) in [6.07, 6.45) is 7.28. The van der Waals surface area contributed by atoms with Crippen molar-refractivity contribution in [1.29, 1.82) is 0 Å². The van der Waals surface area contributed by atoms with Gasteiger partial charge in [-0.3, -0.25) is 0 Å². The van der Waals surface area contributed by atoms with Crippen LogP contribution < -0.4 is 51.5 Å². The van der Waals surface area contributed by atoms with Gasteiger partial charge in [0.25, 0.3) is 0 Å². The lowest BCUT2D eigenvalue weighted by Gasteiger charge is -2.50. The molecule has 21 nitrogen and oxygen atoms in total. The summed E-state index contributed by atoms with van der Waals surface area (Å²) in [5, 5.41) is 22.0. The topological polar surface area (TPSA) is 224 Å². The number of ether oxygens (including phenoxy) is 3. The third kappa shape index (κ3) is 18.3. The van der Waals surface area contributed by atoms with Gasteiger partial charge < -0.3 is 65.7 Å². The number of aromatic nitrogens is 6. The van der Waals surface area contributed by atoms with Crippen LogP contribution in [0.3, 0.4) is 0 Å². The van der Waals surface area contributed by atoms with Crippen LogP contribution in [-0.2, 0) is 23.8 Å². The maximum absolute atomic E-state index is 13.9. The van der Waals surface area contributed by atoms with Gasteiger partial charge in [-0.1, -0.05) is 0 Å². The standard InChI is InChI=1S/C62H114N16O5/c1-25-75(41-33-53(5,6)71-54(7,8)34-41)49-63-47(64-50(67-49)76(26-2)42-35-55(9,10)72-56(11,12)36-42)69-61(21,22)45(79)82-31-29-81-30-32-83-46(80)62(23,24)70-48-65-51(77(27-3)43-37-57(13,14)73-58(15,16)38-43)68-52(66-48)78(28-4)44-39-59(17,18)74-60(19,20)40-44/h41-44,71-74H,25-40H2,1-24H3,(H,63,64,67,69)(H,65,66,68,70). The number of rotatable bonds is 24. The second-order valence-electron chi connectivity index (χ2n) is 30.9. The van der Waals surface area contributed by atoms with Crippen LogP contribution >= 0.6 is 0 Å². The summed E-state index contributed by atoms with van der Waals surface area (Å²) >= 11 is 0. The van der Waals surface area contributed by atoms with E-state index in [1.165, 1.54) is 0 Å². The van der Waals surface area contributed by atoms with Crippen molar-refractivity contribution in [3.05, 3.63) is 0 Å². The maximum Gasteiger partial charge on any atom is 0.331 e. The van der Waals surface area contributed by atoms with E-state index in [1.807, 2.05) is 0 Å². The minimum absolute atomic E-state index is 0.0131. The Hall–Kier alpha value is -4.44. The van der Waals surface area contributed by atoms with Crippen molar-refractivity contribution < 1.29 is 23.8 Å². The molecule has 0 spiro atoms. The van der Waals surface area contributed by atoms with E-state index < -0.39 is 23.0 Å². The van der Waals surface area contributed by atoms with Crippen LogP contribution in [0, 0.1) is 0 Å². The molecular formula is C62H114N16O5. The summed E-state index contributed by atoms with van der Waals surface area (Å²) in [6, 6.07) is 0.667. The summed E-state index contributed by atoms with van der Waals surface area (Å²) in [5.41, 5.74) is -3.22. The molecule has 0 amide bonds. The van der Waals surface area contributed by atoms with Crippen molar-refractivity contribution >= 4 is 47.6 Å². The van der Waals surface area contributed by atoms with Crippen LogP contribution in [0.5, 0.6) is 0 Å². The number of hydrogen-bond donors (Lipinski definition) is 6. The fraction of sp³-hybridized carbons (Fsp3) is 0.871. The maximum atomic E-state index is 13.9. The van der Waals surface area contributed by atoms with Gasteiger partial charge in [-0.2, -0.15) is 29.9 Å². The van der Waals surface area contributed by atoms with Crippen LogP contribution in [0.2, 0.25) is 0 Å². The molecule has 0 atom stereocenters. The molecular weight excluding hydrogens is 1050 g/mol. The predicted octanol–water partition coefficient (Wildman–Crippen LogP) is 8.78. The lowest BCUT2D eigenvalue weighted by atomic mass is 9.79. The first-order chi connectivity index (χ1) is 38.0. The molecule has 83 heavy (non-hydrogen) atoms. The van der Waals surface area contributed by atoms with E-state index >= 15 is 0 Å². The van der Waals surface area contributed by atoms with Crippen LogP contribution in [0.1, 0.15) is 218 Å². The summed E-state index contributed by atoms with van der Waals surface area (Å²) in [7, 11) is 0. The number of piperidine rings is 4. The van der Waals surface area contributed by atoms with E-state index in [4.69, 9.17) is 44.1 Å². The highest BCUT2D eigenvalue weighted by atomic mass is 16.6. The van der Waals surface area contributed by atoms with Crippen molar-refractivity contribution in [3.8, 4) is 0 Å². The molecule has 0 bridgehead atoms. The van der Waals surface area contributed by atoms with Gasteiger partial charge in [0.1, 0.15) is 24.3 Å². The van der Waals surface area contributed by atoms with Gasteiger partial charge in [0, 0.05) is 94.7 Å². The third-order valence-corrected chi connectivity index (χ3v) is 16.8. The average molecular weight is 1160 g/mol. The summed E-state index contributed by atoms with van der Waals surface area (Å²) in [4.78, 5) is 67.8. The van der Waals surface area contributed by atoms with E-state index in [-0.39, 0.29) is 94.9 Å². The van der Waals surface area contributed by atoms with Gasteiger partial charge in [0.05, 0.1) is 13.2 Å². The van der Waals surface area contributed by atoms with Crippen molar-refractivity contribution in [3.63, 3.8) is 0 Å². The molecule has 0 aliphatic carbocycles. The highest BCUT2D eigenvalue weighted by Gasteiger charge is 2.46. The Labute approximate surface area is 500 Å². The van der Waals surface area contributed by atoms with Gasteiger partial charge >= 0.3 is 11.9 Å². The number of anilines is 6. The second-order valence-corrected chi connectivity index (χ2v) is 30.9. The first kappa shape index (κ1) is 67.7. The Balaban J connectivity index is 1.11. The largest absolute Gasteiger partial charge is 0.462 e. The normalized spacial score (nSPS) is 22.3. The highest BCUT2D eigenvalue weighted by molar-refractivity contribution is 5.83. The van der Waals surface area contributed by atoms with Crippen LogP contribution in [0.25, 0.3) is 0 Å². The molecule has 2 aromatic rings. The zero-order valence-electron chi connectivity index (χ0n) is 56.1. The van der Waals surface area contributed by atoms with Gasteiger partial charge in [0.2, 0.25) is 35.7 Å². The van der Waals surface area contributed by atoms with Crippen LogP contribution in [0.4, 0.5) is 35.7 Å². The van der Waals surface area contributed by atoms with Gasteiger partial charge in [-0.05, 0) is 218 Å². The van der Waals surface area contributed by atoms with E-state index in [1.54, 1.807) is 27.7 Å². The molecule has 4 fully saturated rings. The first-order valence-corrected chi connectivity index (χ1v) is 31.3. The number of nitrogens with one attached hydrogen (secondary N) is 6. The Morgan fingerprint density at radius 3 is 0.795 bits per heavy atom. The fourth-order valence-electron chi connectivity index (χ4n) is 15.1. The van der Waals surface area contributed by atoms with Gasteiger partial charge in [-0.25, -0.2) is 9.59 Å². The number of nitrogens with zero attached hydrogens (tertiary/aromatic N) is 10. The quantitative estimate of drug-likeness (QED) is 0.0427. The van der Waals surface area contributed by atoms with Crippen molar-refractivity contribution in [2.75, 3.05) is 82.8 Å². The molecule has 0 radical (unpaired) electrons. The molecule has 21 heteroatoms. The number of hydrogen-bond acceptors (Lipinski definition) is 21. The zero-order chi connectivity index (χ0) is 62.2. The zero-order valence-corrected chi connectivity index (χ0v) is 56.1. The molecule has 0 saturated carbocycles. The number of carbonyl (C=O) groups is 2. The third-order valence-electron chi connectivity index (χ3n) is 16.8. The van der Waals surface area contributed by atoms with Crippen molar-refractivity contribution in [2.24, 2.45) is 0 Å². The highest BCUT2D eigenvalue weighted by Crippen LogP contribution is 2.39. The SMILES string of the molecule is CCN(c1nc(NC(C)(C)C(=O)OCCOCCOC(=O)C(C)(C)Nc2nc(N(CC)C3CC(C)(C)NC(C)(C)C3)nc(N(CC)C3CC(C)(C)NC(C)(C)C3)n2)nc(N(CC)C2CC(C)(C)NC(C)(C)C2)n1)C1CC(C)(C)NC(C)(C)C1. The van der Waals surface area contributed by atoms with Gasteiger partial charge in [0.15, 0.2) is 0 Å². The number of carbonyl (C=O) groups excluding carboxylic acids is 2. The molecule has 6 N–H and O–H groups in total. The number of esters is 2. The molecule has 472 valence electrons. The fourth-order valence-corrected chi connectivity index (χ4v) is 15.1. The Kier molecular flexibility index (Phi) is 20.5. The second kappa shape index (κ2) is 25.1. The monoisotopic (exact) mass is 1160 g/mol. The Morgan fingerprint density at radius 2 is 0.602 bits per heavy atom. The lowest BCUT2D eigenvalue weighted by Crippen LogP contribution is -2.63. The average Bonchev–Trinajstić information content (AvgIpc) is 3.43. The van der Waals surface area contributed by atoms with Crippen LogP contribution in [0.15, 0.2) is 0 Å². The first-order valence-electron chi connectivity index (χ1n) is 31.3. The smallest absolute Gasteiger partial charge is 0.331 e. The molecule has 6 heterocycles. The minimum atomic E-state index is -1.22. The molecule has 0 unspecified atom stereocenters. The van der Waals surface area contributed by atoms with Crippen LogP contribution in [-0.4, -0.2) is 174 Å². The molecule has 2 aromatic heterocycles. The van der Waals surface area contributed by atoms with Gasteiger partial charge in [-0.15, -0.1) is 0 Å². The Morgan fingerprint density at radius 1 is 0.398 bits per heavy atom. The Bertz CT molecular complexity index is 2170. The summed E-state index contributed by atoms with van der Waals surface area (Å²) in [6.45, 7) is 54.7. The molecule has 4 aliphatic heterocycles. The molecule has 4 saturated heterocycles. The molecule has 6 rings (SSSR count). The van der Waals surface area contributed by atoms with Crippen molar-refractivity contribution in [1.82, 2.24) is 51.2 Å². The van der Waals surface area contributed by atoms with E-state index in [0.29, 0.717) is 61.9 Å². The summed E-state index contributed by atoms with van der Waals surface area (Å²) in [5.74, 6) is 1.94. The minimum Gasteiger partial charge on any atom is -0.462 e. The van der Waals surface area contributed by atoms with E-state index in [0.717, 1.165) is 51.4 Å². The van der Waals surface area contributed by atoms with E-state index in [2.05, 4.69) is 190 Å². The van der Waals surface area contributed by atoms with E-state index in [9.17, 15) is 9.59 Å². The van der Waals surface area contributed by atoms with Crippen molar-refractivity contribution in [2.45, 2.75) is 297 Å². The lowest BCUT2D eigenvalue weighted by molar-refractivity contribution is -0.151.